The van der Waals surface area contributed by atoms with Crippen molar-refractivity contribution in [2.75, 3.05) is 13.7 Å². The Bertz CT molecular complexity index is 1610. The highest BCUT2D eigenvalue weighted by Crippen LogP contribution is 2.33. The largest absolute Gasteiger partial charge is 0.494 e. The molecule has 6 rings (SSSR count). The van der Waals surface area contributed by atoms with Gasteiger partial charge in [-0.15, -0.1) is 0 Å². The maximum atomic E-state index is 13.5. The van der Waals surface area contributed by atoms with Crippen LogP contribution in [0.4, 0.5) is 0 Å². The summed E-state index contributed by atoms with van der Waals surface area (Å²) in [4.78, 5) is 44.9. The second-order valence-electron chi connectivity index (χ2n) is 9.10. The standard InChI is InChI=1S/C27H25N7O3/c1-16-31-15-34(32-16)26-24-22(21(37-2)13-30-26)20(12-29-24)25(35)27(36)33-11-9-19-18(14-33)8-10-28-23(19)17-6-4-3-5-7-17/h3-4,6,8,10,12-13,15,29H,5,7,9,11,14H2,1-2H3. The van der Waals surface area contributed by atoms with E-state index in [0.717, 1.165) is 29.7 Å². The molecule has 37 heavy (non-hydrogen) atoms. The minimum absolute atomic E-state index is 0.234. The Morgan fingerprint density at radius 1 is 1.16 bits per heavy atom. The number of nitrogens with zero attached hydrogens (tertiary/aromatic N) is 6. The monoisotopic (exact) mass is 495 g/mol. The number of rotatable bonds is 5. The molecule has 4 aromatic heterocycles. The first-order chi connectivity index (χ1) is 18.0. The van der Waals surface area contributed by atoms with E-state index in [1.54, 1.807) is 24.3 Å². The summed E-state index contributed by atoms with van der Waals surface area (Å²) < 4.78 is 7.02. The number of methoxy groups -OCH3 is 1. The fourth-order valence-electron chi connectivity index (χ4n) is 5.06. The molecular weight excluding hydrogens is 470 g/mol. The molecular formula is C27H25N7O3. The van der Waals surface area contributed by atoms with Crippen LogP contribution in [-0.4, -0.2) is 60.0 Å². The fraction of sp³-hybridized carbons (Fsp3) is 0.259. The maximum Gasteiger partial charge on any atom is 0.295 e. The van der Waals surface area contributed by atoms with Crippen LogP contribution in [0.5, 0.6) is 5.75 Å². The van der Waals surface area contributed by atoms with Crippen molar-refractivity contribution in [1.82, 2.24) is 34.6 Å². The fourth-order valence-corrected chi connectivity index (χ4v) is 5.06. The first-order valence-corrected chi connectivity index (χ1v) is 12.1. The van der Waals surface area contributed by atoms with Gasteiger partial charge in [0.1, 0.15) is 17.9 Å². The van der Waals surface area contributed by atoms with E-state index in [1.165, 1.54) is 29.8 Å². The number of aromatic nitrogens is 6. The third-order valence-corrected chi connectivity index (χ3v) is 6.89. The summed E-state index contributed by atoms with van der Waals surface area (Å²) in [6.45, 7) is 2.59. The predicted octanol–water partition coefficient (Wildman–Crippen LogP) is 3.36. The molecule has 0 spiro atoms. The molecule has 1 aliphatic carbocycles. The minimum atomic E-state index is -0.602. The third-order valence-electron chi connectivity index (χ3n) is 6.89. The number of hydrogen-bond donors (Lipinski definition) is 1. The summed E-state index contributed by atoms with van der Waals surface area (Å²) in [7, 11) is 1.50. The number of carbonyl (C=O) groups is 2. The van der Waals surface area contributed by atoms with Crippen LogP contribution in [0.3, 0.4) is 0 Å². The minimum Gasteiger partial charge on any atom is -0.494 e. The molecule has 10 nitrogen and oxygen atoms in total. The Kier molecular flexibility index (Phi) is 5.63. The molecule has 0 radical (unpaired) electrons. The van der Waals surface area contributed by atoms with Crippen LogP contribution in [0, 0.1) is 6.92 Å². The molecule has 4 aromatic rings. The van der Waals surface area contributed by atoms with E-state index in [4.69, 9.17) is 4.74 Å². The van der Waals surface area contributed by atoms with Crippen molar-refractivity contribution in [1.29, 1.82) is 0 Å². The summed E-state index contributed by atoms with van der Waals surface area (Å²) in [6, 6.07) is 1.94. The average molecular weight is 496 g/mol. The molecule has 5 heterocycles. The maximum absolute atomic E-state index is 13.5. The van der Waals surface area contributed by atoms with E-state index in [2.05, 4.69) is 43.3 Å². The van der Waals surface area contributed by atoms with E-state index in [1.807, 2.05) is 6.07 Å². The van der Waals surface area contributed by atoms with E-state index in [0.29, 0.717) is 47.8 Å². The van der Waals surface area contributed by atoms with E-state index >= 15 is 0 Å². The number of allylic oxidation sites excluding steroid dienone is 4. The molecule has 0 bridgehead atoms. The molecule has 2 aliphatic rings. The number of ketones is 1. The summed E-state index contributed by atoms with van der Waals surface area (Å²) in [5.74, 6) is 0.282. The number of H-pyrrole nitrogens is 1. The summed E-state index contributed by atoms with van der Waals surface area (Å²) in [5.41, 5.74) is 5.18. The molecule has 0 saturated heterocycles. The Balaban J connectivity index is 1.31. The van der Waals surface area contributed by atoms with Crippen molar-refractivity contribution in [2.45, 2.75) is 32.7 Å². The highest BCUT2D eigenvalue weighted by Gasteiger charge is 2.31. The smallest absolute Gasteiger partial charge is 0.295 e. The van der Waals surface area contributed by atoms with Crippen LogP contribution < -0.4 is 4.74 Å². The van der Waals surface area contributed by atoms with Crippen LogP contribution in [0.2, 0.25) is 0 Å². The Morgan fingerprint density at radius 3 is 2.81 bits per heavy atom. The molecule has 0 fully saturated rings. The number of aromatic amines is 1. The van der Waals surface area contributed by atoms with Gasteiger partial charge in [0.05, 0.1) is 35.5 Å². The number of aryl methyl sites for hydroxylation is 1. The molecule has 1 N–H and O–H groups in total. The van der Waals surface area contributed by atoms with E-state index in [9.17, 15) is 9.59 Å². The normalized spacial score (nSPS) is 15.0. The molecule has 10 heteroatoms. The van der Waals surface area contributed by atoms with Gasteiger partial charge >= 0.3 is 0 Å². The number of carbonyl (C=O) groups excluding carboxylic acids is 2. The first-order valence-electron chi connectivity index (χ1n) is 12.1. The first kappa shape index (κ1) is 22.8. The lowest BCUT2D eigenvalue weighted by Gasteiger charge is -2.29. The van der Waals surface area contributed by atoms with Crippen molar-refractivity contribution in [2.24, 2.45) is 0 Å². The zero-order valence-electron chi connectivity index (χ0n) is 20.6. The molecule has 186 valence electrons. The second-order valence-corrected chi connectivity index (χ2v) is 9.10. The molecule has 1 amide bonds. The number of hydrogen-bond acceptors (Lipinski definition) is 7. The molecule has 0 saturated carbocycles. The van der Waals surface area contributed by atoms with Gasteiger partial charge in [0.2, 0.25) is 0 Å². The lowest BCUT2D eigenvalue weighted by Crippen LogP contribution is -2.40. The quantitative estimate of drug-likeness (QED) is 0.333. The Hall–Kier alpha value is -4.60. The molecule has 0 atom stereocenters. The van der Waals surface area contributed by atoms with Gasteiger partial charge in [0.15, 0.2) is 5.82 Å². The number of pyridine rings is 2. The van der Waals surface area contributed by atoms with Crippen LogP contribution in [-0.2, 0) is 17.8 Å². The van der Waals surface area contributed by atoms with Crippen molar-refractivity contribution < 1.29 is 14.3 Å². The van der Waals surface area contributed by atoms with Crippen molar-refractivity contribution in [3.8, 4) is 11.6 Å². The van der Waals surface area contributed by atoms with Crippen molar-refractivity contribution >= 4 is 28.2 Å². The van der Waals surface area contributed by atoms with Gasteiger partial charge in [-0.3, -0.25) is 14.6 Å². The summed E-state index contributed by atoms with van der Waals surface area (Å²) in [6.07, 6.45) is 15.3. The van der Waals surface area contributed by atoms with Gasteiger partial charge in [-0.05, 0) is 49.0 Å². The highest BCUT2D eigenvalue weighted by molar-refractivity contribution is 6.45. The zero-order valence-corrected chi connectivity index (χ0v) is 20.6. The second kappa shape index (κ2) is 9.12. The van der Waals surface area contributed by atoms with Crippen LogP contribution in [0.25, 0.3) is 22.3 Å². The van der Waals surface area contributed by atoms with Gasteiger partial charge in [-0.2, -0.15) is 5.10 Å². The molecule has 0 unspecified atom stereocenters. The van der Waals surface area contributed by atoms with E-state index < -0.39 is 11.7 Å². The van der Waals surface area contributed by atoms with Gasteiger partial charge < -0.3 is 14.6 Å². The molecule has 0 aromatic carbocycles. The average Bonchev–Trinajstić information content (AvgIpc) is 3.58. The lowest BCUT2D eigenvalue weighted by atomic mass is 9.91. The van der Waals surface area contributed by atoms with E-state index in [-0.39, 0.29) is 5.56 Å². The number of nitrogens with one attached hydrogen (secondary N) is 1. The highest BCUT2D eigenvalue weighted by atomic mass is 16.5. The number of amides is 1. The summed E-state index contributed by atoms with van der Waals surface area (Å²) >= 11 is 0. The number of fused-ring (bicyclic) bond motifs is 2. The third kappa shape index (κ3) is 3.90. The zero-order chi connectivity index (χ0) is 25.5. The number of Topliss-reactive ketones (excluding diaryl/α,β-unsaturated/α-hetero) is 1. The predicted molar refractivity (Wildman–Crippen MR) is 136 cm³/mol. The van der Waals surface area contributed by atoms with Crippen LogP contribution in [0.1, 0.15) is 45.8 Å². The van der Waals surface area contributed by atoms with Crippen LogP contribution in [0.15, 0.2) is 49.2 Å². The topological polar surface area (TPSA) is 119 Å². The summed E-state index contributed by atoms with van der Waals surface area (Å²) in [5, 5.41) is 4.81. The van der Waals surface area contributed by atoms with Gasteiger partial charge in [0.25, 0.3) is 11.7 Å². The lowest BCUT2D eigenvalue weighted by molar-refractivity contribution is -0.127. The van der Waals surface area contributed by atoms with Gasteiger partial charge in [-0.25, -0.2) is 14.6 Å². The number of ether oxygens (including phenoxy) is 1. The van der Waals surface area contributed by atoms with Crippen molar-refractivity contribution in [3.63, 3.8) is 0 Å². The van der Waals surface area contributed by atoms with Gasteiger partial charge in [0, 0.05) is 25.5 Å². The van der Waals surface area contributed by atoms with Gasteiger partial charge in [-0.1, -0.05) is 18.2 Å². The van der Waals surface area contributed by atoms with Crippen molar-refractivity contribution in [3.05, 3.63) is 77.4 Å². The van der Waals surface area contributed by atoms with Crippen LogP contribution >= 0.6 is 0 Å². The molecule has 1 aliphatic heterocycles. The SMILES string of the molecule is COc1cnc(-n2cnc(C)n2)c2[nH]cc(C(=O)C(=O)N3CCc4c(ccnc4C4=CC=CCC4)C3)c12. The Morgan fingerprint density at radius 2 is 2.05 bits per heavy atom. The Labute approximate surface area is 212 Å².